The molecule has 1 atom stereocenters. The van der Waals surface area contributed by atoms with Crippen LogP contribution in [0.25, 0.3) is 0 Å². The van der Waals surface area contributed by atoms with Crippen molar-refractivity contribution in [2.45, 2.75) is 31.9 Å². The second-order valence-corrected chi connectivity index (χ2v) is 6.64. The maximum absolute atomic E-state index is 12.5. The van der Waals surface area contributed by atoms with Crippen LogP contribution < -0.4 is 4.90 Å². The molecular formula is C18H26N6O2. The van der Waals surface area contributed by atoms with Crippen molar-refractivity contribution in [1.82, 2.24) is 24.4 Å². The highest BCUT2D eigenvalue weighted by molar-refractivity contribution is 5.77. The number of aryl methyl sites for hydroxylation is 1. The summed E-state index contributed by atoms with van der Waals surface area (Å²) in [7, 11) is 3.78. The van der Waals surface area contributed by atoms with Gasteiger partial charge in [-0.15, -0.1) is 0 Å². The van der Waals surface area contributed by atoms with Gasteiger partial charge in [0.05, 0.1) is 6.20 Å². The molecule has 0 N–H and O–H groups in total. The van der Waals surface area contributed by atoms with E-state index in [-0.39, 0.29) is 24.7 Å². The molecule has 8 heteroatoms. The van der Waals surface area contributed by atoms with Crippen molar-refractivity contribution < 1.29 is 9.53 Å². The Morgan fingerprint density at radius 3 is 2.69 bits per heavy atom. The van der Waals surface area contributed by atoms with Gasteiger partial charge in [0.1, 0.15) is 24.4 Å². The Hall–Kier alpha value is -2.48. The number of rotatable bonds is 6. The lowest BCUT2D eigenvalue weighted by atomic mass is 10.0. The smallest absolute Gasteiger partial charge is 0.248 e. The van der Waals surface area contributed by atoms with Gasteiger partial charge in [-0.25, -0.2) is 9.97 Å². The Morgan fingerprint density at radius 2 is 2.08 bits per heavy atom. The second kappa shape index (κ2) is 8.27. The lowest BCUT2D eigenvalue weighted by molar-refractivity contribution is -0.139. The molecule has 0 radical (unpaired) electrons. The van der Waals surface area contributed by atoms with E-state index >= 15 is 0 Å². The summed E-state index contributed by atoms with van der Waals surface area (Å²) in [5, 5.41) is 0. The highest BCUT2D eigenvalue weighted by Gasteiger charge is 2.26. The van der Waals surface area contributed by atoms with Gasteiger partial charge < -0.3 is 19.1 Å². The largest absolute Gasteiger partial charge is 0.361 e. The van der Waals surface area contributed by atoms with E-state index < -0.39 is 0 Å². The van der Waals surface area contributed by atoms with Crippen molar-refractivity contribution in [2.75, 3.05) is 31.6 Å². The molecule has 1 aliphatic rings. The molecule has 3 heterocycles. The average Bonchev–Trinajstić information content (AvgIpc) is 3.12. The van der Waals surface area contributed by atoms with Crippen LogP contribution in [-0.2, 0) is 16.6 Å². The predicted molar refractivity (Wildman–Crippen MR) is 97.6 cm³/mol. The zero-order chi connectivity index (χ0) is 18.5. The third kappa shape index (κ3) is 4.19. The molecule has 2 aromatic rings. The zero-order valence-electron chi connectivity index (χ0n) is 15.6. The van der Waals surface area contributed by atoms with Crippen molar-refractivity contribution in [2.24, 2.45) is 7.05 Å². The summed E-state index contributed by atoms with van der Waals surface area (Å²) >= 11 is 0. The van der Waals surface area contributed by atoms with Crippen molar-refractivity contribution >= 4 is 11.7 Å². The van der Waals surface area contributed by atoms with Gasteiger partial charge in [0.15, 0.2) is 0 Å². The summed E-state index contributed by atoms with van der Waals surface area (Å²) in [5.41, 5.74) is 0. The first kappa shape index (κ1) is 18.3. The molecule has 0 saturated carbocycles. The van der Waals surface area contributed by atoms with Crippen LogP contribution in [0, 0.1) is 0 Å². The molecule has 1 fully saturated rings. The SMILES string of the molecule is CC(OCC(=O)N(C)C1CCN(c2cnccn2)CC1)c1nccn1C. The normalized spacial score (nSPS) is 16.5. The topological polar surface area (TPSA) is 76.4 Å². The highest BCUT2D eigenvalue weighted by Crippen LogP contribution is 2.20. The fraction of sp³-hybridized carbons (Fsp3) is 0.556. The lowest BCUT2D eigenvalue weighted by Gasteiger charge is -2.37. The van der Waals surface area contributed by atoms with Gasteiger partial charge >= 0.3 is 0 Å². The van der Waals surface area contributed by atoms with Crippen molar-refractivity contribution in [3.05, 3.63) is 36.8 Å². The standard InChI is InChI=1S/C18H26N6O2/c1-14(18-21-8-11-22(18)2)26-13-17(25)23(3)15-4-9-24(10-5-15)16-12-19-6-7-20-16/h6-8,11-12,14-15H,4-5,9-10,13H2,1-3H3. The number of nitrogens with zero attached hydrogens (tertiary/aromatic N) is 6. The zero-order valence-corrected chi connectivity index (χ0v) is 15.6. The number of imidazole rings is 1. The van der Waals surface area contributed by atoms with Crippen LogP contribution in [0.4, 0.5) is 5.82 Å². The van der Waals surface area contributed by atoms with E-state index in [2.05, 4.69) is 19.9 Å². The van der Waals surface area contributed by atoms with Gasteiger partial charge in [-0.1, -0.05) is 0 Å². The van der Waals surface area contributed by atoms with Crippen LogP contribution in [0.15, 0.2) is 31.0 Å². The highest BCUT2D eigenvalue weighted by atomic mass is 16.5. The van der Waals surface area contributed by atoms with Crippen molar-refractivity contribution in [1.29, 1.82) is 0 Å². The maximum Gasteiger partial charge on any atom is 0.248 e. The van der Waals surface area contributed by atoms with E-state index in [0.29, 0.717) is 0 Å². The molecule has 26 heavy (non-hydrogen) atoms. The second-order valence-electron chi connectivity index (χ2n) is 6.64. The van der Waals surface area contributed by atoms with Crippen LogP contribution in [0.2, 0.25) is 0 Å². The number of hydrogen-bond acceptors (Lipinski definition) is 6. The third-order valence-corrected chi connectivity index (χ3v) is 4.96. The quantitative estimate of drug-likeness (QED) is 0.777. The minimum atomic E-state index is -0.217. The molecular weight excluding hydrogens is 332 g/mol. The van der Waals surface area contributed by atoms with E-state index in [1.807, 2.05) is 36.7 Å². The van der Waals surface area contributed by atoms with E-state index in [0.717, 1.165) is 37.6 Å². The Labute approximate surface area is 153 Å². The maximum atomic E-state index is 12.5. The van der Waals surface area contributed by atoms with Crippen molar-refractivity contribution in [3.63, 3.8) is 0 Å². The summed E-state index contributed by atoms with van der Waals surface area (Å²) in [4.78, 5) is 29.2. The van der Waals surface area contributed by atoms with Crippen LogP contribution >= 0.6 is 0 Å². The van der Waals surface area contributed by atoms with Gasteiger partial charge in [-0.3, -0.25) is 9.78 Å². The summed E-state index contributed by atoms with van der Waals surface area (Å²) in [6.07, 6.45) is 10.4. The first-order valence-corrected chi connectivity index (χ1v) is 8.91. The minimum Gasteiger partial charge on any atom is -0.361 e. The fourth-order valence-electron chi connectivity index (χ4n) is 3.28. The third-order valence-electron chi connectivity index (χ3n) is 4.96. The summed E-state index contributed by atoms with van der Waals surface area (Å²) in [6, 6.07) is 0.225. The number of carbonyl (C=O) groups is 1. The van der Waals surface area contributed by atoms with Gasteiger partial charge in [0.25, 0.3) is 0 Å². The van der Waals surface area contributed by atoms with Crippen LogP contribution in [0.1, 0.15) is 31.7 Å². The minimum absolute atomic E-state index is 0.00371. The summed E-state index contributed by atoms with van der Waals surface area (Å²) in [5.74, 6) is 1.72. The molecule has 0 aromatic carbocycles. The number of likely N-dealkylation sites (N-methyl/N-ethyl adjacent to an activating group) is 1. The Kier molecular flexibility index (Phi) is 5.82. The fourth-order valence-corrected chi connectivity index (χ4v) is 3.28. The molecule has 1 unspecified atom stereocenters. The van der Waals surface area contributed by atoms with Crippen LogP contribution in [0.3, 0.4) is 0 Å². The number of hydrogen-bond donors (Lipinski definition) is 0. The van der Waals surface area contributed by atoms with Gasteiger partial charge in [0, 0.05) is 58.0 Å². The van der Waals surface area contributed by atoms with Gasteiger partial charge in [0.2, 0.25) is 5.91 Å². The monoisotopic (exact) mass is 358 g/mol. The Morgan fingerprint density at radius 1 is 1.31 bits per heavy atom. The lowest BCUT2D eigenvalue weighted by Crippen LogP contribution is -2.47. The molecule has 0 bridgehead atoms. The number of amides is 1. The first-order valence-electron chi connectivity index (χ1n) is 8.91. The Balaban J connectivity index is 1.46. The van der Waals surface area contributed by atoms with Gasteiger partial charge in [-0.2, -0.15) is 0 Å². The molecule has 1 saturated heterocycles. The molecule has 8 nitrogen and oxygen atoms in total. The Bertz CT molecular complexity index is 711. The van der Waals surface area contributed by atoms with E-state index in [1.54, 1.807) is 24.8 Å². The molecule has 140 valence electrons. The molecule has 0 spiro atoms. The first-order chi connectivity index (χ1) is 12.6. The number of carbonyl (C=O) groups excluding carboxylic acids is 1. The van der Waals surface area contributed by atoms with E-state index in [1.165, 1.54) is 0 Å². The van der Waals surface area contributed by atoms with E-state index in [9.17, 15) is 4.79 Å². The average molecular weight is 358 g/mol. The molecule has 0 aliphatic carbocycles. The molecule has 3 rings (SSSR count). The number of ether oxygens (including phenoxy) is 1. The number of aromatic nitrogens is 4. The van der Waals surface area contributed by atoms with Crippen LogP contribution in [0.5, 0.6) is 0 Å². The molecule has 1 amide bonds. The number of anilines is 1. The van der Waals surface area contributed by atoms with Crippen molar-refractivity contribution in [3.8, 4) is 0 Å². The molecule has 2 aromatic heterocycles. The summed E-state index contributed by atoms with van der Waals surface area (Å²) in [6.45, 7) is 3.71. The van der Waals surface area contributed by atoms with Crippen LogP contribution in [-0.4, -0.2) is 63.1 Å². The predicted octanol–water partition coefficient (Wildman–Crippen LogP) is 1.42. The summed E-state index contributed by atoms with van der Waals surface area (Å²) < 4.78 is 7.63. The van der Waals surface area contributed by atoms with Gasteiger partial charge in [-0.05, 0) is 19.8 Å². The molecule has 1 aliphatic heterocycles. The number of piperidine rings is 1. The van der Waals surface area contributed by atoms with E-state index in [4.69, 9.17) is 4.74 Å².